The van der Waals surface area contributed by atoms with Crippen LogP contribution in [0.15, 0.2) is 60.3 Å². The van der Waals surface area contributed by atoms with Gasteiger partial charge in [0.15, 0.2) is 17.1 Å². The van der Waals surface area contributed by atoms with Gasteiger partial charge in [0.25, 0.3) is 0 Å². The van der Waals surface area contributed by atoms with Crippen molar-refractivity contribution in [3.8, 4) is 5.75 Å². The number of halogens is 3. The second-order valence-corrected chi connectivity index (χ2v) is 8.13. The summed E-state index contributed by atoms with van der Waals surface area (Å²) in [7, 11) is 0. The lowest BCUT2D eigenvalue weighted by Crippen LogP contribution is -2.12. The Morgan fingerprint density at radius 3 is 2.61 bits per heavy atom. The number of benzene rings is 2. The minimum absolute atomic E-state index is 0.327. The lowest BCUT2D eigenvalue weighted by atomic mass is 10.2. The minimum atomic E-state index is -0.327. The Hall–Kier alpha value is -1.66. The van der Waals surface area contributed by atoms with Gasteiger partial charge in [-0.3, -0.25) is 4.57 Å². The SMILES string of the molecule is C=CCn1c(SCc2ccc(Cl)c(Cl)c2)nnc1C(C)Oc1ccccc1Cl. The van der Waals surface area contributed by atoms with Gasteiger partial charge in [-0.1, -0.05) is 70.8 Å². The number of thioether (sulfide) groups is 1. The molecule has 0 aliphatic heterocycles. The molecular weight excluding hydrogens is 437 g/mol. The van der Waals surface area contributed by atoms with Crippen LogP contribution in [0.5, 0.6) is 5.75 Å². The fourth-order valence-electron chi connectivity index (χ4n) is 2.57. The van der Waals surface area contributed by atoms with Crippen LogP contribution in [0.1, 0.15) is 24.4 Å². The van der Waals surface area contributed by atoms with Crippen molar-refractivity contribution < 1.29 is 4.74 Å². The Kier molecular flexibility index (Phi) is 7.30. The average molecular weight is 455 g/mol. The second kappa shape index (κ2) is 9.70. The number of allylic oxidation sites excluding steroid dienone is 1. The molecule has 0 saturated carbocycles. The van der Waals surface area contributed by atoms with E-state index in [2.05, 4.69) is 16.8 Å². The van der Waals surface area contributed by atoms with E-state index in [-0.39, 0.29) is 6.10 Å². The van der Waals surface area contributed by atoms with Crippen molar-refractivity contribution in [3.05, 3.63) is 81.6 Å². The maximum absolute atomic E-state index is 6.20. The summed E-state index contributed by atoms with van der Waals surface area (Å²) in [5.41, 5.74) is 1.05. The van der Waals surface area contributed by atoms with Crippen LogP contribution in [0.25, 0.3) is 0 Å². The van der Waals surface area contributed by atoms with Crippen molar-refractivity contribution in [2.24, 2.45) is 0 Å². The summed E-state index contributed by atoms with van der Waals surface area (Å²) in [5, 5.41) is 11.1. The largest absolute Gasteiger partial charge is 0.481 e. The molecule has 8 heteroatoms. The van der Waals surface area contributed by atoms with Crippen molar-refractivity contribution in [2.45, 2.75) is 30.5 Å². The van der Waals surface area contributed by atoms with E-state index in [0.29, 0.717) is 38.9 Å². The molecule has 1 unspecified atom stereocenters. The molecule has 0 amide bonds. The standard InChI is InChI=1S/C20H18Cl3N3OS/c1-3-10-26-19(13(2)27-18-7-5-4-6-16(18)22)24-25-20(26)28-12-14-8-9-15(21)17(23)11-14/h3-9,11,13H,1,10,12H2,2H3. The van der Waals surface area contributed by atoms with Crippen molar-refractivity contribution in [1.82, 2.24) is 14.8 Å². The highest BCUT2D eigenvalue weighted by Gasteiger charge is 2.20. The van der Waals surface area contributed by atoms with Crippen LogP contribution in [-0.2, 0) is 12.3 Å². The number of nitrogens with zero attached hydrogens (tertiary/aromatic N) is 3. The van der Waals surface area contributed by atoms with Crippen LogP contribution in [0.3, 0.4) is 0 Å². The van der Waals surface area contributed by atoms with E-state index >= 15 is 0 Å². The monoisotopic (exact) mass is 453 g/mol. The fraction of sp³-hybridized carbons (Fsp3) is 0.200. The summed E-state index contributed by atoms with van der Waals surface area (Å²) >= 11 is 19.8. The molecule has 0 aliphatic rings. The third kappa shape index (κ3) is 5.03. The van der Waals surface area contributed by atoms with E-state index in [1.54, 1.807) is 30.0 Å². The van der Waals surface area contributed by atoms with Gasteiger partial charge in [-0.05, 0) is 36.8 Å². The molecule has 28 heavy (non-hydrogen) atoms. The Morgan fingerprint density at radius 1 is 1.11 bits per heavy atom. The number of ether oxygens (including phenoxy) is 1. The van der Waals surface area contributed by atoms with E-state index in [4.69, 9.17) is 39.5 Å². The zero-order valence-corrected chi connectivity index (χ0v) is 18.2. The quantitative estimate of drug-likeness (QED) is 0.275. The Bertz CT molecular complexity index is 977. The molecule has 0 spiro atoms. The molecule has 0 bridgehead atoms. The van der Waals surface area contributed by atoms with E-state index in [1.807, 2.05) is 41.8 Å². The zero-order valence-electron chi connectivity index (χ0n) is 15.1. The molecule has 0 fully saturated rings. The van der Waals surface area contributed by atoms with E-state index in [0.717, 1.165) is 10.7 Å². The highest BCUT2D eigenvalue weighted by atomic mass is 35.5. The maximum atomic E-state index is 6.20. The van der Waals surface area contributed by atoms with Crippen molar-refractivity contribution >= 4 is 46.6 Å². The molecular formula is C20H18Cl3N3OS. The molecule has 4 nitrogen and oxygen atoms in total. The lowest BCUT2D eigenvalue weighted by molar-refractivity contribution is 0.210. The molecule has 2 aromatic carbocycles. The molecule has 146 valence electrons. The number of hydrogen-bond acceptors (Lipinski definition) is 4. The Balaban J connectivity index is 1.77. The van der Waals surface area contributed by atoms with Crippen molar-refractivity contribution in [1.29, 1.82) is 0 Å². The topological polar surface area (TPSA) is 39.9 Å². The van der Waals surface area contributed by atoms with Gasteiger partial charge in [-0.25, -0.2) is 0 Å². The Morgan fingerprint density at radius 2 is 1.89 bits per heavy atom. The van der Waals surface area contributed by atoms with Crippen LogP contribution in [-0.4, -0.2) is 14.8 Å². The molecule has 0 radical (unpaired) electrons. The summed E-state index contributed by atoms with van der Waals surface area (Å²) in [6.07, 6.45) is 1.48. The smallest absolute Gasteiger partial charge is 0.191 e. The first kappa shape index (κ1) is 21.1. The molecule has 1 heterocycles. The van der Waals surface area contributed by atoms with Gasteiger partial charge in [0.2, 0.25) is 0 Å². The number of hydrogen-bond donors (Lipinski definition) is 0. The zero-order chi connectivity index (χ0) is 20.1. The van der Waals surface area contributed by atoms with Gasteiger partial charge in [-0.2, -0.15) is 0 Å². The van der Waals surface area contributed by atoms with Crippen LogP contribution in [0, 0.1) is 0 Å². The fourth-order valence-corrected chi connectivity index (χ4v) is 3.97. The summed E-state index contributed by atoms with van der Waals surface area (Å²) in [4.78, 5) is 0. The third-order valence-electron chi connectivity index (χ3n) is 3.91. The van der Waals surface area contributed by atoms with E-state index in [9.17, 15) is 0 Å². The molecule has 1 aromatic heterocycles. The maximum Gasteiger partial charge on any atom is 0.191 e. The van der Waals surface area contributed by atoms with Gasteiger partial charge in [0.1, 0.15) is 5.75 Å². The van der Waals surface area contributed by atoms with Gasteiger partial charge in [-0.15, -0.1) is 16.8 Å². The normalized spacial score (nSPS) is 12.0. The molecule has 0 aliphatic carbocycles. The van der Waals surface area contributed by atoms with Crippen LogP contribution in [0.2, 0.25) is 15.1 Å². The Labute approximate surface area is 183 Å². The molecule has 0 N–H and O–H groups in total. The van der Waals surface area contributed by atoms with Gasteiger partial charge >= 0.3 is 0 Å². The van der Waals surface area contributed by atoms with E-state index < -0.39 is 0 Å². The molecule has 3 rings (SSSR count). The van der Waals surface area contributed by atoms with Crippen LogP contribution >= 0.6 is 46.6 Å². The summed E-state index contributed by atoms with van der Waals surface area (Å²) in [6.45, 7) is 6.32. The van der Waals surface area contributed by atoms with Crippen molar-refractivity contribution in [2.75, 3.05) is 0 Å². The number of para-hydroxylation sites is 1. The van der Waals surface area contributed by atoms with Gasteiger partial charge in [0.05, 0.1) is 15.1 Å². The second-order valence-electron chi connectivity index (χ2n) is 5.97. The molecule has 3 aromatic rings. The highest BCUT2D eigenvalue weighted by molar-refractivity contribution is 7.98. The van der Waals surface area contributed by atoms with Gasteiger partial charge in [0, 0.05) is 12.3 Å². The lowest BCUT2D eigenvalue weighted by Gasteiger charge is -2.16. The van der Waals surface area contributed by atoms with Crippen LogP contribution < -0.4 is 4.74 Å². The molecule has 0 saturated heterocycles. The first-order chi connectivity index (χ1) is 13.5. The predicted molar refractivity (Wildman–Crippen MR) is 117 cm³/mol. The summed E-state index contributed by atoms with van der Waals surface area (Å²) in [6, 6.07) is 12.9. The number of rotatable bonds is 8. The number of aromatic nitrogens is 3. The summed E-state index contributed by atoms with van der Waals surface area (Å²) < 4.78 is 7.98. The first-order valence-corrected chi connectivity index (χ1v) is 10.6. The van der Waals surface area contributed by atoms with E-state index in [1.165, 1.54) is 0 Å². The van der Waals surface area contributed by atoms with Crippen LogP contribution in [0.4, 0.5) is 0 Å². The average Bonchev–Trinajstić information content (AvgIpc) is 3.08. The first-order valence-electron chi connectivity index (χ1n) is 8.51. The van der Waals surface area contributed by atoms with Gasteiger partial charge < -0.3 is 4.74 Å². The minimum Gasteiger partial charge on any atom is -0.481 e. The highest BCUT2D eigenvalue weighted by Crippen LogP contribution is 2.31. The third-order valence-corrected chi connectivity index (χ3v) is 6.00. The predicted octanol–water partition coefficient (Wildman–Crippen LogP) is 6.86. The van der Waals surface area contributed by atoms with Crippen molar-refractivity contribution in [3.63, 3.8) is 0 Å². The molecule has 1 atom stereocenters. The summed E-state index contributed by atoms with van der Waals surface area (Å²) in [5.74, 6) is 2.00.